The van der Waals surface area contributed by atoms with E-state index in [2.05, 4.69) is 36.5 Å². The quantitative estimate of drug-likeness (QED) is 0.900. The first-order chi connectivity index (χ1) is 9.10. The molecule has 1 aromatic carbocycles. The largest absolute Gasteiger partial charge is 0.372 e. The molecule has 0 unspecified atom stereocenters. The average Bonchev–Trinajstić information content (AvgIpc) is 2.43. The lowest BCUT2D eigenvalue weighted by molar-refractivity contribution is 0.102. The molecule has 1 amide bonds. The number of amides is 1. The SMILES string of the molecule is CNc1cnc(C(=O)Nc2ccc(Cl)c(Br)c2)cn1. The van der Waals surface area contributed by atoms with E-state index in [-0.39, 0.29) is 11.6 Å². The Morgan fingerprint density at radius 3 is 2.68 bits per heavy atom. The smallest absolute Gasteiger partial charge is 0.275 e. The van der Waals surface area contributed by atoms with Crippen molar-refractivity contribution in [2.24, 2.45) is 0 Å². The zero-order chi connectivity index (χ0) is 13.8. The summed E-state index contributed by atoms with van der Waals surface area (Å²) in [5.41, 5.74) is 0.867. The van der Waals surface area contributed by atoms with Crippen molar-refractivity contribution in [1.29, 1.82) is 0 Å². The van der Waals surface area contributed by atoms with Gasteiger partial charge in [0.1, 0.15) is 11.5 Å². The molecule has 0 atom stereocenters. The zero-order valence-electron chi connectivity index (χ0n) is 9.95. The van der Waals surface area contributed by atoms with E-state index in [4.69, 9.17) is 11.6 Å². The molecule has 0 aliphatic rings. The van der Waals surface area contributed by atoms with Crippen molar-refractivity contribution in [2.45, 2.75) is 0 Å². The van der Waals surface area contributed by atoms with Gasteiger partial charge >= 0.3 is 0 Å². The number of aromatic nitrogens is 2. The monoisotopic (exact) mass is 340 g/mol. The molecule has 2 aromatic rings. The fourth-order valence-corrected chi connectivity index (χ4v) is 1.84. The topological polar surface area (TPSA) is 66.9 Å². The molecule has 7 heteroatoms. The van der Waals surface area contributed by atoms with Crippen LogP contribution in [-0.2, 0) is 0 Å². The van der Waals surface area contributed by atoms with Crippen molar-refractivity contribution in [3.63, 3.8) is 0 Å². The Balaban J connectivity index is 2.13. The summed E-state index contributed by atoms with van der Waals surface area (Å²) in [6.07, 6.45) is 2.90. The number of anilines is 2. The molecule has 0 aliphatic carbocycles. The second kappa shape index (κ2) is 5.99. The van der Waals surface area contributed by atoms with Gasteiger partial charge in [0.05, 0.1) is 17.4 Å². The lowest BCUT2D eigenvalue weighted by Gasteiger charge is -2.06. The Kier molecular flexibility index (Phi) is 4.34. The number of benzene rings is 1. The van der Waals surface area contributed by atoms with Crippen LogP contribution in [0.5, 0.6) is 0 Å². The molecule has 19 heavy (non-hydrogen) atoms. The van der Waals surface area contributed by atoms with Gasteiger partial charge < -0.3 is 10.6 Å². The van der Waals surface area contributed by atoms with Crippen molar-refractivity contribution < 1.29 is 4.79 Å². The molecule has 0 bridgehead atoms. The second-order valence-electron chi connectivity index (χ2n) is 3.62. The molecule has 2 N–H and O–H groups in total. The molecule has 1 heterocycles. The Hall–Kier alpha value is -1.66. The molecule has 0 aliphatic heterocycles. The number of hydrogen-bond acceptors (Lipinski definition) is 4. The Labute approximate surface area is 123 Å². The lowest BCUT2D eigenvalue weighted by Crippen LogP contribution is -2.14. The normalized spacial score (nSPS) is 10.1. The van der Waals surface area contributed by atoms with Crippen LogP contribution in [0.4, 0.5) is 11.5 Å². The average molecular weight is 342 g/mol. The zero-order valence-corrected chi connectivity index (χ0v) is 12.3. The number of nitrogens with zero attached hydrogens (tertiary/aromatic N) is 2. The highest BCUT2D eigenvalue weighted by molar-refractivity contribution is 9.10. The van der Waals surface area contributed by atoms with Gasteiger partial charge in [-0.05, 0) is 34.1 Å². The van der Waals surface area contributed by atoms with Crippen LogP contribution in [0.2, 0.25) is 5.02 Å². The van der Waals surface area contributed by atoms with E-state index in [1.165, 1.54) is 12.4 Å². The number of nitrogens with one attached hydrogen (secondary N) is 2. The Bertz CT molecular complexity index is 603. The van der Waals surface area contributed by atoms with E-state index in [9.17, 15) is 4.79 Å². The predicted molar refractivity (Wildman–Crippen MR) is 78.7 cm³/mol. The van der Waals surface area contributed by atoms with Crippen molar-refractivity contribution in [1.82, 2.24) is 9.97 Å². The highest BCUT2D eigenvalue weighted by Crippen LogP contribution is 2.25. The van der Waals surface area contributed by atoms with E-state index in [0.29, 0.717) is 21.0 Å². The summed E-state index contributed by atoms with van der Waals surface area (Å²) in [4.78, 5) is 20.0. The summed E-state index contributed by atoms with van der Waals surface area (Å²) < 4.78 is 0.712. The highest BCUT2D eigenvalue weighted by Gasteiger charge is 2.09. The molecular formula is C12H10BrClN4O. The van der Waals surface area contributed by atoms with Gasteiger partial charge in [0, 0.05) is 17.2 Å². The van der Waals surface area contributed by atoms with Crippen LogP contribution in [0, 0.1) is 0 Å². The van der Waals surface area contributed by atoms with E-state index in [1.807, 2.05) is 0 Å². The number of hydrogen-bond donors (Lipinski definition) is 2. The van der Waals surface area contributed by atoms with Crippen molar-refractivity contribution >= 4 is 44.9 Å². The van der Waals surface area contributed by atoms with E-state index >= 15 is 0 Å². The molecule has 98 valence electrons. The van der Waals surface area contributed by atoms with Gasteiger partial charge in [0.15, 0.2) is 0 Å². The number of carbonyl (C=O) groups excluding carboxylic acids is 1. The third kappa shape index (κ3) is 3.42. The third-order valence-corrected chi connectivity index (χ3v) is 3.53. The molecular weight excluding hydrogens is 332 g/mol. The molecule has 0 saturated carbocycles. The van der Waals surface area contributed by atoms with Gasteiger partial charge in [-0.15, -0.1) is 0 Å². The van der Waals surface area contributed by atoms with Crippen molar-refractivity contribution in [3.05, 3.63) is 45.8 Å². The Morgan fingerprint density at radius 2 is 2.11 bits per heavy atom. The molecule has 2 rings (SSSR count). The first kappa shape index (κ1) is 13.8. The fraction of sp³-hybridized carbons (Fsp3) is 0.0833. The van der Waals surface area contributed by atoms with Gasteiger partial charge in [-0.2, -0.15) is 0 Å². The Morgan fingerprint density at radius 1 is 1.32 bits per heavy atom. The molecule has 5 nitrogen and oxygen atoms in total. The second-order valence-corrected chi connectivity index (χ2v) is 4.88. The summed E-state index contributed by atoms with van der Waals surface area (Å²) >= 11 is 9.17. The van der Waals surface area contributed by atoms with Crippen LogP contribution in [-0.4, -0.2) is 22.9 Å². The summed E-state index contributed by atoms with van der Waals surface area (Å²) in [6, 6.07) is 5.12. The van der Waals surface area contributed by atoms with Crippen LogP contribution in [0.3, 0.4) is 0 Å². The van der Waals surface area contributed by atoms with Crippen LogP contribution in [0.15, 0.2) is 35.1 Å². The van der Waals surface area contributed by atoms with Crippen LogP contribution in [0.1, 0.15) is 10.5 Å². The van der Waals surface area contributed by atoms with Gasteiger partial charge in [-0.3, -0.25) is 4.79 Å². The molecule has 0 radical (unpaired) electrons. The molecule has 0 saturated heterocycles. The highest BCUT2D eigenvalue weighted by atomic mass is 79.9. The van der Waals surface area contributed by atoms with E-state index < -0.39 is 0 Å². The third-order valence-electron chi connectivity index (χ3n) is 2.32. The lowest BCUT2D eigenvalue weighted by atomic mass is 10.3. The predicted octanol–water partition coefficient (Wildman–Crippen LogP) is 3.19. The maximum Gasteiger partial charge on any atom is 0.275 e. The van der Waals surface area contributed by atoms with Gasteiger partial charge in [-0.1, -0.05) is 11.6 Å². The van der Waals surface area contributed by atoms with Gasteiger partial charge in [0.25, 0.3) is 5.91 Å². The first-order valence-corrected chi connectivity index (χ1v) is 6.53. The standard InChI is InChI=1S/C12H10BrClN4O/c1-15-11-6-16-10(5-17-11)12(19)18-7-2-3-9(14)8(13)4-7/h2-6H,1H3,(H,15,17)(H,18,19). The molecule has 0 fully saturated rings. The van der Waals surface area contributed by atoms with Crippen LogP contribution < -0.4 is 10.6 Å². The summed E-state index contributed by atoms with van der Waals surface area (Å²) in [6.45, 7) is 0. The maximum atomic E-state index is 11.9. The first-order valence-electron chi connectivity index (χ1n) is 5.36. The van der Waals surface area contributed by atoms with E-state index in [1.54, 1.807) is 25.2 Å². The van der Waals surface area contributed by atoms with Crippen LogP contribution in [0.25, 0.3) is 0 Å². The summed E-state index contributed by atoms with van der Waals surface area (Å²) in [7, 11) is 1.73. The summed E-state index contributed by atoms with van der Waals surface area (Å²) in [5, 5.41) is 6.12. The number of halogens is 2. The minimum atomic E-state index is -0.329. The molecule has 1 aromatic heterocycles. The fourth-order valence-electron chi connectivity index (χ4n) is 1.34. The van der Waals surface area contributed by atoms with Gasteiger partial charge in [0.2, 0.25) is 0 Å². The maximum absolute atomic E-state index is 11.9. The van der Waals surface area contributed by atoms with E-state index in [0.717, 1.165) is 0 Å². The molecule has 0 spiro atoms. The number of rotatable bonds is 3. The van der Waals surface area contributed by atoms with Crippen molar-refractivity contribution in [2.75, 3.05) is 17.7 Å². The minimum absolute atomic E-state index is 0.241. The number of carbonyl (C=O) groups is 1. The van der Waals surface area contributed by atoms with Crippen molar-refractivity contribution in [3.8, 4) is 0 Å². The van der Waals surface area contributed by atoms with Crippen LogP contribution >= 0.6 is 27.5 Å². The summed E-state index contributed by atoms with van der Waals surface area (Å²) in [5.74, 6) is 0.273. The van der Waals surface area contributed by atoms with Gasteiger partial charge in [-0.25, -0.2) is 9.97 Å². The minimum Gasteiger partial charge on any atom is -0.372 e.